The van der Waals surface area contributed by atoms with Gasteiger partial charge in [-0.2, -0.15) is 11.8 Å². The summed E-state index contributed by atoms with van der Waals surface area (Å²) >= 11 is 3.48. The third kappa shape index (κ3) is 2.21. The summed E-state index contributed by atoms with van der Waals surface area (Å²) in [5.74, 6) is 1.26. The Bertz CT molecular complexity index is 336. The molecule has 15 heavy (non-hydrogen) atoms. The van der Waals surface area contributed by atoms with Crippen molar-refractivity contribution in [3.8, 4) is 0 Å². The predicted octanol–water partition coefficient (Wildman–Crippen LogP) is 2.71. The highest BCUT2D eigenvalue weighted by molar-refractivity contribution is 8.00. The van der Waals surface area contributed by atoms with Crippen LogP contribution < -0.4 is 0 Å². The predicted molar refractivity (Wildman–Crippen MR) is 66.7 cm³/mol. The maximum absolute atomic E-state index is 12.1. The Kier molecular flexibility index (Phi) is 3.36. The lowest BCUT2D eigenvalue weighted by molar-refractivity contribution is 0.0703. The zero-order valence-electron chi connectivity index (χ0n) is 8.97. The van der Waals surface area contributed by atoms with E-state index < -0.39 is 0 Å². The minimum Gasteiger partial charge on any atom is -0.333 e. The second-order valence-corrected chi connectivity index (χ2v) is 6.23. The molecule has 1 aromatic rings. The van der Waals surface area contributed by atoms with Gasteiger partial charge >= 0.3 is 0 Å². The number of rotatable bonds is 1. The quantitative estimate of drug-likeness (QED) is 0.753. The zero-order chi connectivity index (χ0) is 10.8. The summed E-state index contributed by atoms with van der Waals surface area (Å²) in [5, 5.41) is 2.50. The Balaban J connectivity index is 2.13. The third-order valence-electron chi connectivity index (χ3n) is 2.88. The number of carbonyl (C=O) groups excluding carboxylic acids is 1. The maximum Gasteiger partial charge on any atom is 0.264 e. The molecule has 2 atom stereocenters. The van der Waals surface area contributed by atoms with Gasteiger partial charge in [0, 0.05) is 23.6 Å². The highest BCUT2D eigenvalue weighted by Gasteiger charge is 2.29. The van der Waals surface area contributed by atoms with Crippen LogP contribution in [0.5, 0.6) is 0 Å². The molecule has 1 aliphatic rings. The van der Waals surface area contributed by atoms with E-state index in [1.807, 2.05) is 34.2 Å². The number of hydrogen-bond donors (Lipinski definition) is 0. The van der Waals surface area contributed by atoms with Crippen molar-refractivity contribution in [2.75, 3.05) is 12.3 Å². The molecule has 0 bridgehead atoms. The van der Waals surface area contributed by atoms with Crippen molar-refractivity contribution in [2.45, 2.75) is 25.1 Å². The molecule has 1 aromatic heterocycles. The molecule has 2 nitrogen and oxygen atoms in total. The minimum atomic E-state index is 0.199. The van der Waals surface area contributed by atoms with Crippen molar-refractivity contribution >= 4 is 29.0 Å². The van der Waals surface area contributed by atoms with Crippen LogP contribution in [0.2, 0.25) is 0 Å². The van der Waals surface area contributed by atoms with Crippen molar-refractivity contribution < 1.29 is 4.79 Å². The maximum atomic E-state index is 12.1. The Morgan fingerprint density at radius 3 is 3.00 bits per heavy atom. The van der Waals surface area contributed by atoms with E-state index in [-0.39, 0.29) is 5.91 Å². The van der Waals surface area contributed by atoms with Gasteiger partial charge in [0.15, 0.2) is 0 Å². The normalized spacial score (nSPS) is 26.7. The number of nitrogens with zero attached hydrogens (tertiary/aromatic N) is 1. The Morgan fingerprint density at radius 2 is 2.33 bits per heavy atom. The molecule has 4 heteroatoms. The van der Waals surface area contributed by atoms with Gasteiger partial charge in [0.05, 0.1) is 4.88 Å². The van der Waals surface area contributed by atoms with Crippen LogP contribution in [0.15, 0.2) is 17.5 Å². The first-order valence-electron chi connectivity index (χ1n) is 5.16. The fourth-order valence-electron chi connectivity index (χ4n) is 1.76. The van der Waals surface area contributed by atoms with Gasteiger partial charge in [-0.3, -0.25) is 4.79 Å². The van der Waals surface area contributed by atoms with Gasteiger partial charge in [-0.25, -0.2) is 0 Å². The van der Waals surface area contributed by atoms with Crippen LogP contribution in [0.4, 0.5) is 0 Å². The topological polar surface area (TPSA) is 20.3 Å². The first kappa shape index (κ1) is 11.0. The van der Waals surface area contributed by atoms with Gasteiger partial charge < -0.3 is 4.90 Å². The van der Waals surface area contributed by atoms with Gasteiger partial charge in [0.2, 0.25) is 0 Å². The molecular weight excluding hydrogens is 226 g/mol. The first-order chi connectivity index (χ1) is 7.20. The molecule has 1 saturated heterocycles. The molecule has 1 amide bonds. The molecule has 0 aromatic carbocycles. The van der Waals surface area contributed by atoms with Crippen molar-refractivity contribution in [3.63, 3.8) is 0 Å². The zero-order valence-corrected chi connectivity index (χ0v) is 10.6. The Hall–Kier alpha value is -0.480. The lowest BCUT2D eigenvalue weighted by Crippen LogP contribution is -2.47. The Labute approximate surface area is 98.7 Å². The number of carbonyl (C=O) groups is 1. The SMILES string of the molecule is CC1SCCN(C(=O)c2cccs2)C1C. The van der Waals surface area contributed by atoms with Crippen LogP contribution in [0.3, 0.4) is 0 Å². The van der Waals surface area contributed by atoms with Crippen molar-refractivity contribution in [1.82, 2.24) is 4.90 Å². The molecule has 2 heterocycles. The van der Waals surface area contributed by atoms with Crippen LogP contribution in [0.1, 0.15) is 23.5 Å². The molecular formula is C11H15NOS2. The molecule has 2 rings (SSSR count). The van der Waals surface area contributed by atoms with E-state index in [1.54, 1.807) is 0 Å². The Morgan fingerprint density at radius 1 is 1.53 bits per heavy atom. The average molecular weight is 241 g/mol. The largest absolute Gasteiger partial charge is 0.333 e. The fraction of sp³-hybridized carbons (Fsp3) is 0.545. The average Bonchev–Trinajstić information content (AvgIpc) is 2.74. The van der Waals surface area contributed by atoms with Gasteiger partial charge in [-0.05, 0) is 18.4 Å². The molecule has 82 valence electrons. The van der Waals surface area contributed by atoms with E-state index in [0.717, 1.165) is 17.2 Å². The molecule has 0 N–H and O–H groups in total. The molecule has 0 radical (unpaired) electrons. The highest BCUT2D eigenvalue weighted by Crippen LogP contribution is 2.26. The van der Waals surface area contributed by atoms with Crippen LogP contribution >= 0.6 is 23.1 Å². The fourth-order valence-corrected chi connectivity index (χ4v) is 3.54. The smallest absolute Gasteiger partial charge is 0.264 e. The van der Waals surface area contributed by atoms with Gasteiger partial charge in [0.25, 0.3) is 5.91 Å². The van der Waals surface area contributed by atoms with Gasteiger partial charge in [-0.15, -0.1) is 11.3 Å². The van der Waals surface area contributed by atoms with Crippen LogP contribution in [0.25, 0.3) is 0 Å². The highest BCUT2D eigenvalue weighted by atomic mass is 32.2. The second kappa shape index (κ2) is 4.58. The number of hydrogen-bond acceptors (Lipinski definition) is 3. The summed E-state index contributed by atoms with van der Waals surface area (Å²) in [5.41, 5.74) is 0. The number of thioether (sulfide) groups is 1. The van der Waals surface area contributed by atoms with E-state index in [4.69, 9.17) is 0 Å². The van der Waals surface area contributed by atoms with E-state index in [0.29, 0.717) is 11.3 Å². The van der Waals surface area contributed by atoms with Crippen molar-refractivity contribution in [2.24, 2.45) is 0 Å². The summed E-state index contributed by atoms with van der Waals surface area (Å²) in [6, 6.07) is 4.19. The van der Waals surface area contributed by atoms with E-state index >= 15 is 0 Å². The van der Waals surface area contributed by atoms with Crippen LogP contribution in [-0.4, -0.2) is 34.4 Å². The van der Waals surface area contributed by atoms with Gasteiger partial charge in [0.1, 0.15) is 0 Å². The summed E-state index contributed by atoms with van der Waals surface area (Å²) in [4.78, 5) is 15.0. The van der Waals surface area contributed by atoms with Crippen molar-refractivity contribution in [3.05, 3.63) is 22.4 Å². The molecule has 1 aliphatic heterocycles. The lowest BCUT2D eigenvalue weighted by Gasteiger charge is -2.37. The monoisotopic (exact) mass is 241 g/mol. The van der Waals surface area contributed by atoms with E-state index in [2.05, 4.69) is 13.8 Å². The molecule has 0 spiro atoms. The standard InChI is InChI=1S/C11H15NOS2/c1-8-9(2)14-7-5-12(8)11(13)10-4-3-6-15-10/h3-4,6,8-9H,5,7H2,1-2H3. The summed E-state index contributed by atoms with van der Waals surface area (Å²) < 4.78 is 0. The third-order valence-corrected chi connectivity index (χ3v) is 5.07. The summed E-state index contributed by atoms with van der Waals surface area (Å²) in [7, 11) is 0. The van der Waals surface area contributed by atoms with Crippen LogP contribution in [-0.2, 0) is 0 Å². The molecule has 1 fully saturated rings. The van der Waals surface area contributed by atoms with E-state index in [1.165, 1.54) is 11.3 Å². The van der Waals surface area contributed by atoms with E-state index in [9.17, 15) is 4.79 Å². The molecule has 2 unspecified atom stereocenters. The minimum absolute atomic E-state index is 0.199. The van der Waals surface area contributed by atoms with Crippen LogP contribution in [0, 0.1) is 0 Å². The summed E-state index contributed by atoms with van der Waals surface area (Å²) in [6.45, 7) is 5.22. The van der Waals surface area contributed by atoms with Crippen molar-refractivity contribution in [1.29, 1.82) is 0 Å². The first-order valence-corrected chi connectivity index (χ1v) is 7.09. The molecule has 0 aliphatic carbocycles. The molecule has 0 saturated carbocycles. The lowest BCUT2D eigenvalue weighted by atomic mass is 10.2. The number of amides is 1. The summed E-state index contributed by atoms with van der Waals surface area (Å²) in [6.07, 6.45) is 0. The second-order valence-electron chi connectivity index (χ2n) is 3.79. The number of thiophene rings is 1. The van der Waals surface area contributed by atoms with Gasteiger partial charge in [-0.1, -0.05) is 13.0 Å².